The van der Waals surface area contributed by atoms with Crippen LogP contribution in [0.2, 0.25) is 0 Å². The SMILES string of the molecule is CC1=CC(C)C2(C#N)C(=N)OC1(C)C2(C#N)C#N. The normalized spacial score (nSPS) is 39.9. The molecule has 1 saturated heterocycles. The Kier molecular flexibility index (Phi) is 2.10. The Labute approximate surface area is 105 Å². The Morgan fingerprint density at radius 3 is 2.28 bits per heavy atom. The average molecular weight is 240 g/mol. The van der Waals surface area contributed by atoms with Crippen molar-refractivity contribution in [3.63, 3.8) is 0 Å². The number of hydrogen-bond donors (Lipinski definition) is 1. The fourth-order valence-corrected chi connectivity index (χ4v) is 3.14. The van der Waals surface area contributed by atoms with Crippen LogP contribution in [0.5, 0.6) is 0 Å². The topological polar surface area (TPSA) is 104 Å². The van der Waals surface area contributed by atoms with Crippen molar-refractivity contribution in [3.05, 3.63) is 11.6 Å². The van der Waals surface area contributed by atoms with E-state index in [2.05, 4.69) is 0 Å². The van der Waals surface area contributed by atoms with Gasteiger partial charge in [-0.25, -0.2) is 0 Å². The minimum Gasteiger partial charge on any atom is -0.466 e. The lowest BCUT2D eigenvalue weighted by molar-refractivity contribution is 0.0539. The molecule has 0 aromatic rings. The van der Waals surface area contributed by atoms with Gasteiger partial charge >= 0.3 is 0 Å². The minimum absolute atomic E-state index is 0.281. The van der Waals surface area contributed by atoms with Crippen LogP contribution in [0.1, 0.15) is 20.8 Å². The van der Waals surface area contributed by atoms with E-state index in [-0.39, 0.29) is 5.90 Å². The number of hydrogen-bond acceptors (Lipinski definition) is 5. The predicted molar refractivity (Wildman–Crippen MR) is 61.8 cm³/mol. The molecule has 1 heterocycles. The standard InChI is InChI=1S/C13H12N4O/c1-8-4-9(2)13(7-16)10(17)18-11(8,3)12(13,5-14)6-15/h4,9,17H,1-3H3. The molecule has 1 N–H and O–H groups in total. The van der Waals surface area contributed by atoms with Crippen molar-refractivity contribution in [1.82, 2.24) is 0 Å². The van der Waals surface area contributed by atoms with Gasteiger partial charge in [0.1, 0.15) is 0 Å². The van der Waals surface area contributed by atoms with Crippen molar-refractivity contribution < 1.29 is 4.74 Å². The molecule has 0 aromatic heterocycles. The minimum atomic E-state index is -1.68. The van der Waals surface area contributed by atoms with E-state index in [0.29, 0.717) is 5.57 Å². The lowest BCUT2D eigenvalue weighted by atomic mass is 9.50. The summed E-state index contributed by atoms with van der Waals surface area (Å²) in [6, 6.07) is 5.93. The van der Waals surface area contributed by atoms with Crippen molar-refractivity contribution in [2.24, 2.45) is 16.7 Å². The average Bonchev–Trinajstić information content (AvgIpc) is 2.49. The number of nitrogens with one attached hydrogen (secondary N) is 1. The number of rotatable bonds is 0. The Hall–Kier alpha value is -2.32. The second-order valence-electron chi connectivity index (χ2n) is 5.00. The molecule has 0 aromatic carbocycles. The molecular weight excluding hydrogens is 228 g/mol. The Bertz CT molecular complexity index is 586. The molecule has 0 amide bonds. The number of nitriles is 3. The molecule has 0 radical (unpaired) electrons. The molecule has 1 fully saturated rings. The zero-order chi connectivity index (χ0) is 13.8. The van der Waals surface area contributed by atoms with Gasteiger partial charge < -0.3 is 4.74 Å². The van der Waals surface area contributed by atoms with E-state index in [1.54, 1.807) is 20.8 Å². The molecular formula is C13H12N4O. The highest BCUT2D eigenvalue weighted by Crippen LogP contribution is 2.64. The molecule has 3 unspecified atom stereocenters. The van der Waals surface area contributed by atoms with Crippen LogP contribution in [0.15, 0.2) is 11.6 Å². The Morgan fingerprint density at radius 2 is 1.83 bits per heavy atom. The molecule has 0 spiro atoms. The third-order valence-corrected chi connectivity index (χ3v) is 4.42. The first-order valence-corrected chi connectivity index (χ1v) is 5.57. The van der Waals surface area contributed by atoms with Gasteiger partial charge in [0.2, 0.25) is 11.3 Å². The third kappa shape index (κ3) is 0.824. The zero-order valence-corrected chi connectivity index (χ0v) is 10.4. The summed E-state index contributed by atoms with van der Waals surface area (Å²) in [5.74, 6) is -0.693. The monoisotopic (exact) mass is 240 g/mol. The molecule has 18 heavy (non-hydrogen) atoms. The van der Waals surface area contributed by atoms with E-state index < -0.39 is 22.3 Å². The van der Waals surface area contributed by atoms with Gasteiger partial charge in [-0.15, -0.1) is 0 Å². The molecule has 5 heteroatoms. The van der Waals surface area contributed by atoms with Crippen LogP contribution in [-0.4, -0.2) is 11.5 Å². The van der Waals surface area contributed by atoms with Gasteiger partial charge in [-0.1, -0.05) is 13.0 Å². The summed E-state index contributed by atoms with van der Waals surface area (Å²) < 4.78 is 5.49. The highest BCUT2D eigenvalue weighted by molar-refractivity contribution is 5.91. The molecule has 2 aliphatic rings. The van der Waals surface area contributed by atoms with Crippen LogP contribution >= 0.6 is 0 Å². The fourth-order valence-electron chi connectivity index (χ4n) is 3.14. The lowest BCUT2D eigenvalue weighted by Crippen LogP contribution is -2.55. The van der Waals surface area contributed by atoms with Crippen LogP contribution in [0.4, 0.5) is 0 Å². The van der Waals surface area contributed by atoms with E-state index >= 15 is 0 Å². The van der Waals surface area contributed by atoms with Gasteiger partial charge in [-0.05, 0) is 19.4 Å². The maximum Gasteiger partial charge on any atom is 0.214 e. The van der Waals surface area contributed by atoms with E-state index in [0.717, 1.165) is 0 Å². The van der Waals surface area contributed by atoms with E-state index in [1.165, 1.54) is 0 Å². The highest BCUT2D eigenvalue weighted by Gasteiger charge is 2.78. The van der Waals surface area contributed by atoms with Crippen LogP contribution in [0, 0.1) is 56.2 Å². The summed E-state index contributed by atoms with van der Waals surface area (Å²) in [5, 5.41) is 36.5. The van der Waals surface area contributed by atoms with Crippen molar-refractivity contribution in [3.8, 4) is 18.2 Å². The van der Waals surface area contributed by atoms with Crippen LogP contribution < -0.4 is 0 Å². The summed E-state index contributed by atoms with van der Waals surface area (Å²) in [6.07, 6.45) is 1.82. The number of allylic oxidation sites excluding steroid dienone is 1. The lowest BCUT2D eigenvalue weighted by Gasteiger charge is -2.42. The number of fused-ring (bicyclic) bond motifs is 2. The van der Waals surface area contributed by atoms with Crippen LogP contribution in [0.25, 0.3) is 0 Å². The molecule has 1 aliphatic heterocycles. The van der Waals surface area contributed by atoms with Gasteiger partial charge in [0.05, 0.1) is 18.2 Å². The maximum absolute atomic E-state index is 9.51. The summed E-state index contributed by atoms with van der Waals surface area (Å²) in [5.41, 5.74) is -3.71. The first-order valence-electron chi connectivity index (χ1n) is 5.57. The molecule has 5 nitrogen and oxygen atoms in total. The van der Waals surface area contributed by atoms with Gasteiger partial charge in [0.25, 0.3) is 0 Å². The molecule has 3 atom stereocenters. The fraction of sp³-hybridized carbons (Fsp3) is 0.538. The smallest absolute Gasteiger partial charge is 0.214 e. The Balaban J connectivity index is 2.95. The van der Waals surface area contributed by atoms with E-state index in [1.807, 2.05) is 24.3 Å². The van der Waals surface area contributed by atoms with Crippen molar-refractivity contribution >= 4 is 5.90 Å². The zero-order valence-electron chi connectivity index (χ0n) is 10.4. The molecule has 90 valence electrons. The van der Waals surface area contributed by atoms with Gasteiger partial charge in [-0.3, -0.25) is 5.41 Å². The molecule has 2 bridgehead atoms. The van der Waals surface area contributed by atoms with E-state index in [4.69, 9.17) is 10.1 Å². The van der Waals surface area contributed by atoms with Crippen LogP contribution in [0.3, 0.4) is 0 Å². The van der Waals surface area contributed by atoms with Crippen molar-refractivity contribution in [1.29, 1.82) is 21.2 Å². The largest absolute Gasteiger partial charge is 0.466 e. The van der Waals surface area contributed by atoms with Crippen molar-refractivity contribution in [2.75, 3.05) is 0 Å². The quantitative estimate of drug-likeness (QED) is 0.652. The van der Waals surface area contributed by atoms with Crippen LogP contribution in [-0.2, 0) is 4.74 Å². The third-order valence-electron chi connectivity index (χ3n) is 4.42. The second kappa shape index (κ2) is 3.12. The number of nitrogens with zero attached hydrogens (tertiary/aromatic N) is 3. The Morgan fingerprint density at radius 1 is 1.28 bits per heavy atom. The summed E-state index contributed by atoms with van der Waals surface area (Å²) >= 11 is 0. The summed E-state index contributed by atoms with van der Waals surface area (Å²) in [7, 11) is 0. The van der Waals surface area contributed by atoms with Gasteiger partial charge in [0, 0.05) is 5.92 Å². The van der Waals surface area contributed by atoms with E-state index in [9.17, 15) is 15.8 Å². The maximum atomic E-state index is 9.51. The van der Waals surface area contributed by atoms with Gasteiger partial charge in [0.15, 0.2) is 11.0 Å². The second-order valence-corrected chi connectivity index (χ2v) is 5.00. The van der Waals surface area contributed by atoms with Gasteiger partial charge in [-0.2, -0.15) is 15.8 Å². The first-order chi connectivity index (χ1) is 8.36. The predicted octanol–water partition coefficient (Wildman–Crippen LogP) is 1.89. The highest BCUT2D eigenvalue weighted by atomic mass is 16.5. The summed E-state index contributed by atoms with van der Waals surface area (Å²) in [4.78, 5) is 0. The molecule has 2 rings (SSSR count). The van der Waals surface area contributed by atoms with Crippen molar-refractivity contribution in [2.45, 2.75) is 26.4 Å². The molecule has 1 aliphatic carbocycles. The number of ether oxygens (including phenoxy) is 1. The molecule has 0 saturated carbocycles. The first kappa shape index (κ1) is 12.1. The summed E-state index contributed by atoms with van der Waals surface area (Å²) in [6.45, 7) is 5.10.